The maximum absolute atomic E-state index is 13.5. The molecule has 78 valence electrons. The van der Waals surface area contributed by atoms with Crippen molar-refractivity contribution in [3.8, 4) is 0 Å². The molecular weight excluding hydrogens is 188 g/mol. The van der Waals surface area contributed by atoms with E-state index in [0.717, 1.165) is 0 Å². The van der Waals surface area contributed by atoms with E-state index in [1.54, 1.807) is 0 Å². The van der Waals surface area contributed by atoms with Gasteiger partial charge in [-0.1, -0.05) is 12.1 Å². The lowest BCUT2D eigenvalue weighted by Crippen LogP contribution is -2.36. The number of benzene rings is 1. The first-order valence-corrected chi connectivity index (χ1v) is 4.30. The quantitative estimate of drug-likeness (QED) is 0.779. The molecule has 1 aromatic carbocycles. The summed E-state index contributed by atoms with van der Waals surface area (Å²) < 4.78 is 26.1. The van der Waals surface area contributed by atoms with Crippen molar-refractivity contribution >= 4 is 0 Å². The van der Waals surface area contributed by atoms with Gasteiger partial charge in [-0.05, 0) is 24.6 Å². The second-order valence-electron chi connectivity index (χ2n) is 3.44. The minimum atomic E-state index is -1.89. The van der Waals surface area contributed by atoms with Crippen LogP contribution in [0.1, 0.15) is 18.6 Å². The Morgan fingerprint density at radius 1 is 1.43 bits per heavy atom. The maximum Gasteiger partial charge on any atom is 0.150 e. The Morgan fingerprint density at radius 3 is 2.36 bits per heavy atom. The average molecular weight is 201 g/mol. The molecule has 1 aromatic rings. The van der Waals surface area contributed by atoms with E-state index >= 15 is 0 Å². The summed E-state index contributed by atoms with van der Waals surface area (Å²) in [5.74, 6) is -0.422. The van der Waals surface area contributed by atoms with Crippen molar-refractivity contribution in [2.45, 2.75) is 18.7 Å². The van der Waals surface area contributed by atoms with Crippen LogP contribution in [0.25, 0.3) is 0 Å². The number of aliphatic hydroxyl groups is 1. The lowest BCUT2D eigenvalue weighted by Gasteiger charge is -2.24. The number of hydrogen-bond acceptors (Lipinski definition) is 2. The zero-order valence-electron chi connectivity index (χ0n) is 7.87. The highest BCUT2D eigenvalue weighted by atomic mass is 19.1. The van der Waals surface area contributed by atoms with Crippen molar-refractivity contribution < 1.29 is 13.9 Å². The van der Waals surface area contributed by atoms with E-state index in [4.69, 9.17) is 5.73 Å². The summed E-state index contributed by atoms with van der Waals surface area (Å²) in [6.07, 6.45) is -1.33. The summed E-state index contributed by atoms with van der Waals surface area (Å²) >= 11 is 0. The van der Waals surface area contributed by atoms with Crippen molar-refractivity contribution in [3.63, 3.8) is 0 Å². The third-order valence-corrected chi connectivity index (χ3v) is 2.16. The van der Waals surface area contributed by atoms with Crippen molar-refractivity contribution in [2.24, 2.45) is 5.73 Å². The summed E-state index contributed by atoms with van der Waals surface area (Å²) in [7, 11) is 0. The Kier molecular flexibility index (Phi) is 3.18. The Balaban J connectivity index is 2.89. The predicted molar refractivity (Wildman–Crippen MR) is 49.9 cm³/mol. The van der Waals surface area contributed by atoms with E-state index in [1.807, 2.05) is 0 Å². The van der Waals surface area contributed by atoms with Crippen LogP contribution in [-0.4, -0.2) is 17.3 Å². The second-order valence-corrected chi connectivity index (χ2v) is 3.44. The highest BCUT2D eigenvalue weighted by Gasteiger charge is 2.32. The largest absolute Gasteiger partial charge is 0.385 e. The fourth-order valence-electron chi connectivity index (χ4n) is 1.10. The van der Waals surface area contributed by atoms with E-state index in [-0.39, 0.29) is 6.54 Å². The number of nitrogens with two attached hydrogens (primary N) is 1. The Bertz CT molecular complexity index is 297. The molecule has 0 aliphatic carbocycles. The van der Waals surface area contributed by atoms with Crippen LogP contribution in [0.15, 0.2) is 24.3 Å². The molecule has 0 heterocycles. The first kappa shape index (κ1) is 11.1. The van der Waals surface area contributed by atoms with Crippen LogP contribution in [0, 0.1) is 5.82 Å². The SMILES string of the molecule is C[C@](F)(CN)[C@H](O)c1ccc(F)cc1. The Labute approximate surface area is 81.4 Å². The van der Waals surface area contributed by atoms with Crippen LogP contribution in [0.5, 0.6) is 0 Å². The normalized spacial score (nSPS) is 17.5. The minimum Gasteiger partial charge on any atom is -0.385 e. The van der Waals surface area contributed by atoms with E-state index in [9.17, 15) is 13.9 Å². The third kappa shape index (κ3) is 2.27. The van der Waals surface area contributed by atoms with Crippen LogP contribution in [0.2, 0.25) is 0 Å². The molecule has 2 nitrogen and oxygen atoms in total. The summed E-state index contributed by atoms with van der Waals surface area (Å²) in [6.45, 7) is 0.923. The van der Waals surface area contributed by atoms with Gasteiger partial charge in [-0.3, -0.25) is 0 Å². The van der Waals surface area contributed by atoms with Gasteiger partial charge in [-0.2, -0.15) is 0 Å². The Morgan fingerprint density at radius 2 is 1.93 bits per heavy atom. The first-order chi connectivity index (χ1) is 6.47. The summed E-state index contributed by atoms with van der Waals surface area (Å²) in [4.78, 5) is 0. The molecule has 0 aliphatic heterocycles. The highest BCUT2D eigenvalue weighted by molar-refractivity contribution is 5.21. The van der Waals surface area contributed by atoms with Gasteiger partial charge in [-0.25, -0.2) is 8.78 Å². The average Bonchev–Trinajstić information content (AvgIpc) is 2.18. The summed E-state index contributed by atoms with van der Waals surface area (Å²) in [5.41, 5.74) is 3.60. The van der Waals surface area contributed by atoms with Crippen LogP contribution in [-0.2, 0) is 0 Å². The van der Waals surface area contributed by atoms with Crippen LogP contribution >= 0.6 is 0 Å². The molecule has 3 N–H and O–H groups in total. The molecule has 0 radical (unpaired) electrons. The van der Waals surface area contributed by atoms with Gasteiger partial charge in [-0.15, -0.1) is 0 Å². The van der Waals surface area contributed by atoms with E-state index in [1.165, 1.54) is 31.2 Å². The molecule has 4 heteroatoms. The summed E-state index contributed by atoms with van der Waals surface area (Å²) in [5, 5.41) is 9.56. The monoisotopic (exact) mass is 201 g/mol. The molecular formula is C10H13F2NO. The molecule has 0 aromatic heterocycles. The number of rotatable bonds is 3. The van der Waals surface area contributed by atoms with Crippen LogP contribution < -0.4 is 5.73 Å². The van der Waals surface area contributed by atoms with Crippen molar-refractivity contribution in [2.75, 3.05) is 6.54 Å². The van der Waals surface area contributed by atoms with Crippen LogP contribution in [0.3, 0.4) is 0 Å². The molecule has 0 amide bonds. The van der Waals surface area contributed by atoms with E-state index in [0.29, 0.717) is 5.56 Å². The van der Waals surface area contributed by atoms with Gasteiger partial charge in [0.05, 0.1) is 0 Å². The van der Waals surface area contributed by atoms with Crippen molar-refractivity contribution in [1.29, 1.82) is 0 Å². The van der Waals surface area contributed by atoms with Gasteiger partial charge in [0, 0.05) is 6.54 Å². The molecule has 14 heavy (non-hydrogen) atoms. The van der Waals surface area contributed by atoms with E-state index in [2.05, 4.69) is 0 Å². The van der Waals surface area contributed by atoms with Gasteiger partial charge in [0.15, 0.2) is 0 Å². The van der Waals surface area contributed by atoms with Crippen molar-refractivity contribution in [1.82, 2.24) is 0 Å². The third-order valence-electron chi connectivity index (χ3n) is 2.16. The highest BCUT2D eigenvalue weighted by Crippen LogP contribution is 2.28. The topological polar surface area (TPSA) is 46.2 Å². The first-order valence-electron chi connectivity index (χ1n) is 4.30. The fraction of sp³-hybridized carbons (Fsp3) is 0.400. The molecule has 0 saturated heterocycles. The van der Waals surface area contributed by atoms with Gasteiger partial charge < -0.3 is 10.8 Å². The smallest absolute Gasteiger partial charge is 0.150 e. The molecule has 0 fully saturated rings. The van der Waals surface area contributed by atoms with E-state index < -0.39 is 17.6 Å². The standard InChI is InChI=1S/C10H13F2NO/c1-10(12,6-13)9(14)7-2-4-8(11)5-3-7/h2-5,9,14H,6,13H2,1H3/t9-,10+/m1/s1. The summed E-state index contributed by atoms with van der Waals surface area (Å²) in [6, 6.07) is 5.03. The second kappa shape index (κ2) is 4.02. The zero-order chi connectivity index (χ0) is 10.8. The number of halogens is 2. The lowest BCUT2D eigenvalue weighted by atomic mass is 9.95. The van der Waals surface area contributed by atoms with Gasteiger partial charge in [0.2, 0.25) is 0 Å². The maximum atomic E-state index is 13.5. The molecule has 0 bridgehead atoms. The molecule has 0 saturated carbocycles. The number of alkyl halides is 1. The number of hydrogen-bond donors (Lipinski definition) is 2. The van der Waals surface area contributed by atoms with Crippen molar-refractivity contribution in [3.05, 3.63) is 35.6 Å². The van der Waals surface area contributed by atoms with Gasteiger partial charge >= 0.3 is 0 Å². The molecule has 1 rings (SSSR count). The minimum absolute atomic E-state index is 0.286. The zero-order valence-corrected chi connectivity index (χ0v) is 7.87. The molecule has 2 atom stereocenters. The number of aliphatic hydroxyl groups excluding tert-OH is 1. The Hall–Kier alpha value is -1.00. The van der Waals surface area contributed by atoms with Gasteiger partial charge in [0.1, 0.15) is 17.6 Å². The molecule has 0 aliphatic rings. The fourth-order valence-corrected chi connectivity index (χ4v) is 1.10. The predicted octanol–water partition coefficient (Wildman–Crippen LogP) is 1.55. The van der Waals surface area contributed by atoms with Crippen LogP contribution in [0.4, 0.5) is 8.78 Å². The molecule has 0 unspecified atom stereocenters. The van der Waals surface area contributed by atoms with Gasteiger partial charge in [0.25, 0.3) is 0 Å². The lowest BCUT2D eigenvalue weighted by molar-refractivity contribution is 0.00899. The molecule has 0 spiro atoms.